The maximum absolute atomic E-state index is 12.5. The Morgan fingerprint density at radius 3 is 2.46 bits per heavy atom. The van der Waals surface area contributed by atoms with Crippen molar-refractivity contribution < 1.29 is 9.53 Å². The number of ketones is 1. The minimum atomic E-state index is -0.157. The van der Waals surface area contributed by atoms with E-state index in [1.165, 1.54) is 0 Å². The van der Waals surface area contributed by atoms with Gasteiger partial charge in [0.25, 0.3) is 0 Å². The van der Waals surface area contributed by atoms with Crippen LogP contribution in [0, 0.1) is 0 Å². The molecule has 2 aromatic heterocycles. The zero-order valence-electron chi connectivity index (χ0n) is 12.6. The molecule has 0 saturated carbocycles. The van der Waals surface area contributed by atoms with E-state index >= 15 is 0 Å². The average Bonchev–Trinajstić information content (AvgIpc) is 3.07. The number of hydrogen-bond acceptors (Lipinski definition) is 4. The summed E-state index contributed by atoms with van der Waals surface area (Å²) in [6, 6.07) is 19.9. The van der Waals surface area contributed by atoms with Gasteiger partial charge in [0.2, 0.25) is 11.7 Å². The van der Waals surface area contributed by atoms with E-state index < -0.39 is 0 Å². The maximum atomic E-state index is 12.5. The fourth-order valence-corrected chi connectivity index (χ4v) is 2.40. The number of H-pyrrole nitrogens is 1. The molecule has 4 rings (SSSR count). The molecule has 5 nitrogen and oxygen atoms in total. The van der Waals surface area contributed by atoms with Crippen LogP contribution in [0.3, 0.4) is 0 Å². The van der Waals surface area contributed by atoms with E-state index in [0.717, 1.165) is 11.0 Å². The number of rotatable bonds is 4. The molecule has 0 spiro atoms. The summed E-state index contributed by atoms with van der Waals surface area (Å²) in [5, 5.41) is 0. The predicted molar refractivity (Wildman–Crippen MR) is 90.3 cm³/mol. The first-order valence-electron chi connectivity index (χ1n) is 7.48. The van der Waals surface area contributed by atoms with Crippen LogP contribution in [0.2, 0.25) is 0 Å². The lowest BCUT2D eigenvalue weighted by Crippen LogP contribution is -2.03. The molecule has 24 heavy (non-hydrogen) atoms. The number of carbonyl (C=O) groups is 1. The lowest BCUT2D eigenvalue weighted by Gasteiger charge is -2.04. The van der Waals surface area contributed by atoms with Crippen molar-refractivity contribution in [2.24, 2.45) is 0 Å². The van der Waals surface area contributed by atoms with E-state index in [2.05, 4.69) is 15.0 Å². The van der Waals surface area contributed by atoms with Crippen molar-refractivity contribution in [2.45, 2.75) is 0 Å². The fourth-order valence-electron chi connectivity index (χ4n) is 2.40. The number of nitrogens with one attached hydrogen (secondary N) is 1. The van der Waals surface area contributed by atoms with Gasteiger partial charge in [0.05, 0.1) is 11.0 Å². The standard InChI is InChI=1S/C19H13N3O2/c23-18(19-21-15-5-1-2-6-16(15)22-19)13-8-10-14(11-9-13)24-17-7-3-4-12-20-17/h1-12H,(H,21,22). The first-order valence-corrected chi connectivity index (χ1v) is 7.48. The zero-order chi connectivity index (χ0) is 16.4. The molecule has 5 heteroatoms. The summed E-state index contributed by atoms with van der Waals surface area (Å²) in [6.07, 6.45) is 1.66. The van der Waals surface area contributed by atoms with Crippen LogP contribution < -0.4 is 4.74 Å². The van der Waals surface area contributed by atoms with Gasteiger partial charge in [-0.2, -0.15) is 0 Å². The zero-order valence-corrected chi connectivity index (χ0v) is 12.6. The Morgan fingerprint density at radius 2 is 1.71 bits per heavy atom. The molecule has 0 aliphatic heterocycles. The van der Waals surface area contributed by atoms with E-state index in [9.17, 15) is 4.79 Å². The molecule has 0 bridgehead atoms. The topological polar surface area (TPSA) is 67.9 Å². The molecule has 0 radical (unpaired) electrons. The Bertz CT molecular complexity index is 959. The molecule has 0 unspecified atom stereocenters. The molecule has 0 fully saturated rings. The highest BCUT2D eigenvalue weighted by Crippen LogP contribution is 2.20. The van der Waals surface area contributed by atoms with Crippen molar-refractivity contribution in [3.63, 3.8) is 0 Å². The van der Waals surface area contributed by atoms with Crippen LogP contribution >= 0.6 is 0 Å². The number of benzene rings is 2. The van der Waals surface area contributed by atoms with Crippen molar-refractivity contribution in [1.82, 2.24) is 15.0 Å². The van der Waals surface area contributed by atoms with Crippen LogP contribution in [0.15, 0.2) is 72.9 Å². The molecular weight excluding hydrogens is 302 g/mol. The number of fused-ring (bicyclic) bond motifs is 1. The van der Waals surface area contributed by atoms with E-state index in [1.807, 2.05) is 36.4 Å². The number of imidazole rings is 1. The van der Waals surface area contributed by atoms with Crippen LogP contribution in [0.4, 0.5) is 0 Å². The summed E-state index contributed by atoms with van der Waals surface area (Å²) < 4.78 is 5.62. The number of para-hydroxylation sites is 2. The summed E-state index contributed by atoms with van der Waals surface area (Å²) >= 11 is 0. The van der Waals surface area contributed by atoms with E-state index in [1.54, 1.807) is 36.5 Å². The number of carbonyl (C=O) groups excluding carboxylic acids is 1. The molecule has 0 amide bonds. The molecule has 0 saturated heterocycles. The van der Waals surface area contributed by atoms with Crippen LogP contribution in [0.1, 0.15) is 16.2 Å². The second kappa shape index (κ2) is 5.96. The first-order chi connectivity index (χ1) is 11.8. The Kier molecular flexibility index (Phi) is 3.51. The van der Waals surface area contributed by atoms with Crippen molar-refractivity contribution in [3.8, 4) is 11.6 Å². The molecule has 4 aromatic rings. The Balaban J connectivity index is 1.56. The van der Waals surface area contributed by atoms with Crippen molar-refractivity contribution in [3.05, 3.63) is 84.3 Å². The summed E-state index contributed by atoms with van der Waals surface area (Å²) in [4.78, 5) is 24.0. The number of nitrogens with zero attached hydrogens (tertiary/aromatic N) is 2. The second-order valence-electron chi connectivity index (χ2n) is 5.23. The van der Waals surface area contributed by atoms with Crippen LogP contribution in [-0.4, -0.2) is 20.7 Å². The number of aromatic amines is 1. The van der Waals surface area contributed by atoms with Gasteiger partial charge in [-0.05, 0) is 42.5 Å². The van der Waals surface area contributed by atoms with Gasteiger partial charge in [-0.1, -0.05) is 18.2 Å². The summed E-state index contributed by atoms with van der Waals surface area (Å²) in [5.74, 6) is 1.30. The molecule has 2 heterocycles. The Hall–Kier alpha value is -3.47. The highest BCUT2D eigenvalue weighted by atomic mass is 16.5. The average molecular weight is 315 g/mol. The van der Waals surface area contributed by atoms with Gasteiger partial charge in [-0.3, -0.25) is 4.79 Å². The van der Waals surface area contributed by atoms with Gasteiger partial charge in [0.1, 0.15) is 5.75 Å². The van der Waals surface area contributed by atoms with Gasteiger partial charge in [-0.25, -0.2) is 9.97 Å². The minimum Gasteiger partial charge on any atom is -0.439 e. The highest BCUT2D eigenvalue weighted by molar-refractivity contribution is 6.08. The van der Waals surface area contributed by atoms with Gasteiger partial charge >= 0.3 is 0 Å². The lowest BCUT2D eigenvalue weighted by atomic mass is 10.1. The summed E-state index contributed by atoms with van der Waals surface area (Å²) in [7, 11) is 0. The normalized spacial score (nSPS) is 10.7. The van der Waals surface area contributed by atoms with E-state index in [4.69, 9.17) is 4.74 Å². The Morgan fingerprint density at radius 1 is 0.917 bits per heavy atom. The minimum absolute atomic E-state index is 0.157. The monoisotopic (exact) mass is 315 g/mol. The van der Waals surface area contributed by atoms with Crippen molar-refractivity contribution in [1.29, 1.82) is 0 Å². The molecule has 2 aromatic carbocycles. The third kappa shape index (κ3) is 2.75. The molecule has 0 aliphatic rings. The van der Waals surface area contributed by atoms with Crippen molar-refractivity contribution in [2.75, 3.05) is 0 Å². The number of pyridine rings is 1. The summed E-state index contributed by atoms with van der Waals surface area (Å²) in [5.41, 5.74) is 2.16. The van der Waals surface area contributed by atoms with E-state index in [-0.39, 0.29) is 5.78 Å². The molecular formula is C19H13N3O2. The van der Waals surface area contributed by atoms with E-state index in [0.29, 0.717) is 23.0 Å². The lowest BCUT2D eigenvalue weighted by molar-refractivity contribution is 0.103. The molecule has 0 atom stereocenters. The van der Waals surface area contributed by atoms with Crippen LogP contribution in [-0.2, 0) is 0 Å². The smallest absolute Gasteiger partial charge is 0.228 e. The van der Waals surface area contributed by atoms with Crippen LogP contribution in [0.25, 0.3) is 11.0 Å². The first kappa shape index (κ1) is 14.1. The maximum Gasteiger partial charge on any atom is 0.228 e. The van der Waals surface area contributed by atoms with Gasteiger partial charge < -0.3 is 9.72 Å². The number of ether oxygens (including phenoxy) is 1. The Labute approximate surface area is 138 Å². The quantitative estimate of drug-likeness (QED) is 0.578. The number of aromatic nitrogens is 3. The largest absolute Gasteiger partial charge is 0.439 e. The third-order valence-electron chi connectivity index (χ3n) is 3.58. The predicted octanol–water partition coefficient (Wildman–Crippen LogP) is 3.98. The van der Waals surface area contributed by atoms with Gasteiger partial charge in [-0.15, -0.1) is 0 Å². The SMILES string of the molecule is O=C(c1ccc(Oc2ccccn2)cc1)c1nc2ccccc2[nH]1. The summed E-state index contributed by atoms with van der Waals surface area (Å²) in [6.45, 7) is 0. The highest BCUT2D eigenvalue weighted by Gasteiger charge is 2.14. The second-order valence-corrected chi connectivity index (χ2v) is 5.23. The molecule has 116 valence electrons. The molecule has 1 N–H and O–H groups in total. The number of hydrogen-bond donors (Lipinski definition) is 1. The third-order valence-corrected chi connectivity index (χ3v) is 3.58. The fraction of sp³-hybridized carbons (Fsp3) is 0. The van der Waals surface area contributed by atoms with Crippen LogP contribution in [0.5, 0.6) is 11.6 Å². The van der Waals surface area contributed by atoms with Gasteiger partial charge in [0.15, 0.2) is 5.82 Å². The van der Waals surface area contributed by atoms with Crippen molar-refractivity contribution >= 4 is 16.8 Å². The van der Waals surface area contributed by atoms with Gasteiger partial charge in [0, 0.05) is 17.8 Å². The molecule has 0 aliphatic carbocycles.